The number of hydrogen-bond donors (Lipinski definition) is 3. The van der Waals surface area contributed by atoms with Gasteiger partial charge in [0.15, 0.2) is 13.1 Å². The van der Waals surface area contributed by atoms with Crippen LogP contribution >= 0.6 is 0 Å². The van der Waals surface area contributed by atoms with Crippen molar-refractivity contribution in [1.82, 2.24) is 5.43 Å². The van der Waals surface area contributed by atoms with Gasteiger partial charge in [-0.3, -0.25) is 15.0 Å². The number of nitrogens with zero attached hydrogens (tertiary/aromatic N) is 2. The van der Waals surface area contributed by atoms with Crippen molar-refractivity contribution < 1.29 is 18.6 Å². The fraction of sp³-hybridized carbons (Fsp3) is 0.800. The second-order valence-electron chi connectivity index (χ2n) is 5.48. The van der Waals surface area contributed by atoms with E-state index in [1.165, 1.54) is 0 Å². The van der Waals surface area contributed by atoms with E-state index in [1.54, 1.807) is 0 Å². The minimum absolute atomic E-state index is 0.154. The summed E-state index contributed by atoms with van der Waals surface area (Å²) >= 11 is 0. The predicted octanol–water partition coefficient (Wildman–Crippen LogP) is -2.63. The molecule has 7 nitrogen and oxygen atoms in total. The zero-order chi connectivity index (χ0) is 13.1. The average molecular weight is 245 g/mol. The minimum Gasteiger partial charge on any atom is -0.365 e. The molecule has 17 heavy (non-hydrogen) atoms. The van der Waals surface area contributed by atoms with Crippen LogP contribution in [0.25, 0.3) is 0 Å². The number of rotatable bonds is 4. The van der Waals surface area contributed by atoms with Crippen LogP contribution in [0.15, 0.2) is 0 Å². The Morgan fingerprint density at radius 2 is 1.47 bits per heavy atom. The number of quaternary nitrogens is 2. The molecular weight excluding hydrogens is 222 g/mol. The monoisotopic (exact) mass is 245 g/mol. The number of amides is 2. The van der Waals surface area contributed by atoms with Crippen LogP contribution in [0.5, 0.6) is 0 Å². The van der Waals surface area contributed by atoms with Gasteiger partial charge < -0.3 is 14.7 Å². The molecule has 0 aromatic rings. The molecule has 0 bridgehead atoms. The van der Waals surface area contributed by atoms with Crippen LogP contribution in [0, 0.1) is 0 Å². The number of piperazine rings is 1. The maximum Gasteiger partial charge on any atom is 0.289 e. The molecule has 0 unspecified atom stereocenters. The highest BCUT2D eigenvalue weighted by atomic mass is 16.2. The van der Waals surface area contributed by atoms with Crippen LogP contribution in [-0.2, 0) is 9.59 Å². The highest BCUT2D eigenvalue weighted by Gasteiger charge is 2.38. The number of nitrogens with one attached hydrogen (secondary N) is 1. The predicted molar refractivity (Wildman–Crippen MR) is 63.1 cm³/mol. The summed E-state index contributed by atoms with van der Waals surface area (Å²) in [6, 6.07) is 0. The molecule has 0 aromatic heterocycles. The highest BCUT2D eigenvalue weighted by Crippen LogP contribution is 2.15. The van der Waals surface area contributed by atoms with Crippen molar-refractivity contribution >= 4 is 11.8 Å². The molecule has 0 atom stereocenters. The molecule has 1 rings (SSSR count). The molecule has 2 amide bonds. The average Bonchev–Trinajstić information content (AvgIpc) is 2.22. The topological polar surface area (TPSA) is 98.2 Å². The van der Waals surface area contributed by atoms with Crippen LogP contribution in [0.3, 0.4) is 0 Å². The number of nitrogens with two attached hydrogens (primary N) is 2. The molecule has 0 saturated carbocycles. The van der Waals surface area contributed by atoms with Crippen molar-refractivity contribution in [3.05, 3.63) is 0 Å². The molecule has 7 heteroatoms. The Morgan fingerprint density at radius 3 is 1.82 bits per heavy atom. The molecule has 0 aliphatic carbocycles. The number of carbonyl (C=O) groups excluding carboxylic acids is 2. The Balaban J connectivity index is 2.54. The van der Waals surface area contributed by atoms with Gasteiger partial charge in [0.25, 0.3) is 11.8 Å². The van der Waals surface area contributed by atoms with Crippen molar-refractivity contribution in [2.24, 2.45) is 11.6 Å². The smallest absolute Gasteiger partial charge is 0.289 e. The van der Waals surface area contributed by atoms with Crippen LogP contribution in [-0.4, -0.2) is 74.1 Å². The molecule has 1 aliphatic heterocycles. The summed E-state index contributed by atoms with van der Waals surface area (Å²) in [5.41, 5.74) is 7.39. The van der Waals surface area contributed by atoms with E-state index in [4.69, 9.17) is 11.6 Å². The third-order valence-electron chi connectivity index (χ3n) is 3.58. The zero-order valence-electron chi connectivity index (χ0n) is 10.6. The Hall–Kier alpha value is -1.18. The standard InChI is InChI=1S/C10H21N5O2/c1-14(7-9(11)16)3-5-15(2,6-4-14)8-10(17)13-12/h3-8,12H2,1-2H3,(H-2,11,13,16,17)/p+2. The Bertz CT molecular complexity index is 310. The lowest BCUT2D eigenvalue weighted by Crippen LogP contribution is -2.67. The van der Waals surface area contributed by atoms with Gasteiger partial charge in [0.05, 0.1) is 14.1 Å². The fourth-order valence-electron chi connectivity index (χ4n) is 2.27. The molecule has 1 fully saturated rings. The SMILES string of the molecule is C[N+]1(CC(N)=O)CC[N+](C)(CC(=O)NN)CC1. The van der Waals surface area contributed by atoms with Gasteiger partial charge in [-0.15, -0.1) is 0 Å². The summed E-state index contributed by atoms with van der Waals surface area (Å²) in [5, 5.41) is 0. The summed E-state index contributed by atoms with van der Waals surface area (Å²) in [6.45, 7) is 4.12. The molecule has 0 aromatic carbocycles. The van der Waals surface area contributed by atoms with Gasteiger partial charge in [0.2, 0.25) is 0 Å². The second kappa shape index (κ2) is 4.99. The summed E-state index contributed by atoms with van der Waals surface area (Å²) in [4.78, 5) is 22.3. The molecule has 0 spiro atoms. The van der Waals surface area contributed by atoms with E-state index in [0.717, 1.165) is 26.2 Å². The van der Waals surface area contributed by atoms with E-state index in [9.17, 15) is 9.59 Å². The summed E-state index contributed by atoms with van der Waals surface area (Å²) < 4.78 is 1.32. The molecule has 1 saturated heterocycles. The third-order valence-corrected chi connectivity index (χ3v) is 3.58. The number of hydrogen-bond acceptors (Lipinski definition) is 3. The number of carbonyl (C=O) groups is 2. The number of hydrazine groups is 1. The van der Waals surface area contributed by atoms with Gasteiger partial charge in [-0.05, 0) is 0 Å². The Labute approximate surface area is 101 Å². The van der Waals surface area contributed by atoms with Crippen LogP contribution < -0.4 is 17.0 Å². The van der Waals surface area contributed by atoms with E-state index in [1.807, 2.05) is 14.1 Å². The largest absolute Gasteiger partial charge is 0.365 e. The van der Waals surface area contributed by atoms with Gasteiger partial charge >= 0.3 is 0 Å². The van der Waals surface area contributed by atoms with Gasteiger partial charge in [-0.2, -0.15) is 0 Å². The van der Waals surface area contributed by atoms with E-state index < -0.39 is 0 Å². The maximum absolute atomic E-state index is 11.3. The number of primary amides is 1. The summed E-state index contributed by atoms with van der Waals surface area (Å²) in [7, 11) is 4.06. The molecule has 5 N–H and O–H groups in total. The van der Waals surface area contributed by atoms with Crippen molar-refractivity contribution in [2.75, 3.05) is 53.4 Å². The third kappa shape index (κ3) is 3.95. The minimum atomic E-state index is -0.275. The van der Waals surface area contributed by atoms with Crippen LogP contribution in [0.2, 0.25) is 0 Å². The first-order chi connectivity index (χ1) is 7.79. The first-order valence-electron chi connectivity index (χ1n) is 5.73. The van der Waals surface area contributed by atoms with Crippen molar-refractivity contribution in [3.63, 3.8) is 0 Å². The van der Waals surface area contributed by atoms with Crippen molar-refractivity contribution in [3.8, 4) is 0 Å². The Kier molecular flexibility index (Phi) is 4.07. The molecular formula is C10H23N5O2+2. The fourth-order valence-corrected chi connectivity index (χ4v) is 2.27. The summed E-state index contributed by atoms with van der Waals surface area (Å²) in [6.07, 6.45) is 0. The van der Waals surface area contributed by atoms with E-state index in [-0.39, 0.29) is 11.8 Å². The normalized spacial score (nSPS) is 33.1. The quantitative estimate of drug-likeness (QED) is 0.219. The van der Waals surface area contributed by atoms with Crippen molar-refractivity contribution in [1.29, 1.82) is 0 Å². The van der Waals surface area contributed by atoms with Gasteiger partial charge in [0.1, 0.15) is 26.2 Å². The van der Waals surface area contributed by atoms with Gasteiger partial charge in [-0.25, -0.2) is 5.84 Å². The molecule has 0 radical (unpaired) electrons. The number of likely N-dealkylation sites (N-methyl/N-ethyl adjacent to an activating group) is 2. The molecule has 98 valence electrons. The van der Waals surface area contributed by atoms with Crippen LogP contribution in [0.4, 0.5) is 0 Å². The second-order valence-corrected chi connectivity index (χ2v) is 5.48. The first kappa shape index (κ1) is 13.9. The van der Waals surface area contributed by atoms with Crippen molar-refractivity contribution in [2.45, 2.75) is 0 Å². The van der Waals surface area contributed by atoms with Crippen LogP contribution in [0.1, 0.15) is 0 Å². The van der Waals surface area contributed by atoms with E-state index in [0.29, 0.717) is 22.1 Å². The molecule has 1 heterocycles. The van der Waals surface area contributed by atoms with Gasteiger partial charge in [-0.1, -0.05) is 0 Å². The lowest BCUT2D eigenvalue weighted by molar-refractivity contribution is -1.01. The Morgan fingerprint density at radius 1 is 1.06 bits per heavy atom. The lowest BCUT2D eigenvalue weighted by Gasteiger charge is -2.45. The summed E-state index contributed by atoms with van der Waals surface area (Å²) in [5.74, 6) is 4.66. The van der Waals surface area contributed by atoms with Gasteiger partial charge in [0, 0.05) is 0 Å². The lowest BCUT2D eigenvalue weighted by atomic mass is 10.2. The van der Waals surface area contributed by atoms with E-state index >= 15 is 0 Å². The molecule has 1 aliphatic rings. The zero-order valence-corrected chi connectivity index (χ0v) is 10.6. The van der Waals surface area contributed by atoms with E-state index in [2.05, 4.69) is 5.43 Å². The highest BCUT2D eigenvalue weighted by molar-refractivity contribution is 5.76. The maximum atomic E-state index is 11.3. The first-order valence-corrected chi connectivity index (χ1v) is 5.73.